The summed E-state index contributed by atoms with van der Waals surface area (Å²) in [6.45, 7) is 6.48. The number of halogens is 1. The fourth-order valence-electron chi connectivity index (χ4n) is 1.03. The second-order valence-corrected chi connectivity index (χ2v) is 4.60. The molecule has 0 aliphatic heterocycles. The largest absolute Gasteiger partial charge is 0.182 e. The summed E-state index contributed by atoms with van der Waals surface area (Å²) < 4.78 is 1.46. The molecule has 0 fully saturated rings. The van der Waals surface area contributed by atoms with Crippen LogP contribution in [-0.2, 0) is 0 Å². The van der Waals surface area contributed by atoms with E-state index in [-0.39, 0.29) is 5.92 Å². The van der Waals surface area contributed by atoms with Crippen molar-refractivity contribution in [3.05, 3.63) is 18.0 Å². The van der Waals surface area contributed by atoms with E-state index in [0.717, 1.165) is 12.2 Å². The highest BCUT2D eigenvalue weighted by molar-refractivity contribution is 14.1. The van der Waals surface area contributed by atoms with E-state index in [2.05, 4.69) is 48.3 Å². The van der Waals surface area contributed by atoms with Crippen LogP contribution in [0.5, 0.6) is 0 Å². The van der Waals surface area contributed by atoms with Gasteiger partial charge in [0, 0.05) is 5.92 Å². The van der Waals surface area contributed by atoms with E-state index in [0.29, 0.717) is 5.92 Å². The molecule has 1 rings (SSSR count). The van der Waals surface area contributed by atoms with Gasteiger partial charge in [0.25, 0.3) is 0 Å². The molecule has 0 bridgehead atoms. The number of rotatable bonds is 4. The van der Waals surface area contributed by atoms with Crippen LogP contribution in [0.1, 0.15) is 38.9 Å². The minimum Gasteiger partial charge on any atom is -0.126 e. The van der Waals surface area contributed by atoms with Crippen LogP contribution < -0.4 is 0 Å². The van der Waals surface area contributed by atoms with E-state index in [1.54, 1.807) is 0 Å². The predicted molar refractivity (Wildman–Crippen MR) is 64.2 cm³/mol. The first-order valence-electron chi connectivity index (χ1n) is 4.72. The lowest BCUT2D eigenvalue weighted by Crippen LogP contribution is -1.93. The summed E-state index contributed by atoms with van der Waals surface area (Å²) in [6.07, 6.45) is 5.42. The van der Waals surface area contributed by atoms with Crippen LogP contribution in [0.4, 0.5) is 0 Å². The van der Waals surface area contributed by atoms with Crippen molar-refractivity contribution in [3.63, 3.8) is 0 Å². The van der Waals surface area contributed by atoms with E-state index in [4.69, 9.17) is 0 Å². The van der Waals surface area contributed by atoms with Gasteiger partial charge in [-0.3, -0.25) is 0 Å². The van der Waals surface area contributed by atoms with Crippen LogP contribution in [0.15, 0.2) is 12.2 Å². The topological polar surface area (TPSA) is 43.6 Å². The maximum absolute atomic E-state index is 4.14. The van der Waals surface area contributed by atoms with Crippen molar-refractivity contribution in [2.24, 2.45) is 5.92 Å². The second-order valence-electron chi connectivity index (χ2n) is 3.73. The molecule has 0 spiro atoms. The smallest absolute Gasteiger partial charge is 0.126 e. The molecule has 1 atom stereocenters. The maximum atomic E-state index is 4.14. The number of hydrogen-bond acceptors (Lipinski definition) is 3. The first-order chi connectivity index (χ1) is 6.59. The van der Waals surface area contributed by atoms with E-state index in [1.807, 2.05) is 22.9 Å². The molecular formula is C9H15IN4. The first-order valence-corrected chi connectivity index (χ1v) is 5.68. The van der Waals surface area contributed by atoms with Crippen molar-refractivity contribution in [2.45, 2.75) is 33.1 Å². The van der Waals surface area contributed by atoms with E-state index < -0.39 is 0 Å². The van der Waals surface area contributed by atoms with Crippen LogP contribution in [0.25, 0.3) is 0 Å². The lowest BCUT2D eigenvalue weighted by Gasteiger charge is -2.00. The van der Waals surface area contributed by atoms with Crippen molar-refractivity contribution in [3.8, 4) is 0 Å². The Hall–Kier alpha value is -0.460. The molecule has 5 heteroatoms. The molecule has 0 saturated heterocycles. The molecule has 0 radical (unpaired) electrons. The van der Waals surface area contributed by atoms with Gasteiger partial charge in [0.05, 0.1) is 0 Å². The van der Waals surface area contributed by atoms with Crippen LogP contribution in [0, 0.1) is 5.92 Å². The molecule has 1 unspecified atom stereocenters. The van der Waals surface area contributed by atoms with Gasteiger partial charge in [-0.1, -0.05) is 32.9 Å². The molecule has 0 aliphatic rings. The van der Waals surface area contributed by atoms with Gasteiger partial charge in [-0.05, 0) is 17.6 Å². The van der Waals surface area contributed by atoms with E-state index in [9.17, 15) is 0 Å². The molecule has 0 aromatic carbocycles. The highest BCUT2D eigenvalue weighted by Gasteiger charge is 2.07. The van der Waals surface area contributed by atoms with Gasteiger partial charge in [-0.15, -0.1) is 13.2 Å². The molecule has 4 nitrogen and oxygen atoms in total. The lowest BCUT2D eigenvalue weighted by molar-refractivity contribution is 0.660. The van der Waals surface area contributed by atoms with Gasteiger partial charge in [0.15, 0.2) is 5.82 Å². The lowest BCUT2D eigenvalue weighted by atomic mass is 10.1. The van der Waals surface area contributed by atoms with Gasteiger partial charge < -0.3 is 0 Å². The average Bonchev–Trinajstić information content (AvgIpc) is 2.51. The third-order valence-electron chi connectivity index (χ3n) is 1.85. The summed E-state index contributed by atoms with van der Waals surface area (Å²) in [7, 11) is 0. The van der Waals surface area contributed by atoms with Crippen molar-refractivity contribution in [1.82, 2.24) is 18.4 Å². The number of nitrogens with zero attached hydrogens (tertiary/aromatic N) is 4. The second kappa shape index (κ2) is 5.43. The third kappa shape index (κ3) is 3.73. The Balaban J connectivity index is 2.50. The monoisotopic (exact) mass is 306 g/mol. The van der Waals surface area contributed by atoms with E-state index >= 15 is 0 Å². The number of aromatic nitrogens is 4. The molecule has 14 heavy (non-hydrogen) atoms. The van der Waals surface area contributed by atoms with Gasteiger partial charge in [0.2, 0.25) is 0 Å². The van der Waals surface area contributed by atoms with Gasteiger partial charge in [-0.25, -0.2) is 0 Å². The Labute approximate surface area is 98.3 Å². The molecule has 1 heterocycles. The van der Waals surface area contributed by atoms with Crippen LogP contribution in [0.3, 0.4) is 0 Å². The minimum absolute atomic E-state index is 0.247. The fourth-order valence-corrected chi connectivity index (χ4v) is 1.35. The molecule has 78 valence electrons. The Morgan fingerprint density at radius 2 is 2.14 bits per heavy atom. The number of allylic oxidation sites excluding steroid dienone is 2. The molecule has 0 amide bonds. The summed E-state index contributed by atoms with van der Waals surface area (Å²) in [5.41, 5.74) is 0. The highest BCUT2D eigenvalue weighted by Crippen LogP contribution is 2.12. The Bertz CT molecular complexity index is 306. The predicted octanol–water partition coefficient (Wildman–Crippen LogP) is 2.58. The fraction of sp³-hybridized carbons (Fsp3) is 0.667. The first kappa shape index (κ1) is 11.6. The summed E-state index contributed by atoms with van der Waals surface area (Å²) in [5, 5.41) is 11.9. The van der Waals surface area contributed by atoms with Gasteiger partial charge in [0.1, 0.15) is 22.9 Å². The standard InChI is InChI=1S/C9H15IN4/c1-7(2)5-4-6-8(3)9-11-13-14(10)12-9/h4,6-8H,5H2,1-3H3/b6-4+. The summed E-state index contributed by atoms with van der Waals surface area (Å²) in [4.78, 5) is 0. The third-order valence-corrected chi connectivity index (χ3v) is 2.25. The van der Waals surface area contributed by atoms with Crippen LogP contribution in [0.2, 0.25) is 0 Å². The zero-order chi connectivity index (χ0) is 10.6. The van der Waals surface area contributed by atoms with Crippen LogP contribution >= 0.6 is 22.9 Å². The van der Waals surface area contributed by atoms with Crippen LogP contribution in [-0.4, -0.2) is 18.4 Å². The summed E-state index contributed by atoms with van der Waals surface area (Å²) >= 11 is 1.99. The maximum Gasteiger partial charge on any atom is 0.182 e. The Morgan fingerprint density at radius 3 is 2.64 bits per heavy atom. The van der Waals surface area contributed by atoms with Crippen molar-refractivity contribution < 1.29 is 0 Å². The SMILES string of the molecule is CC(C)C/C=C/C(C)c1nnn(I)n1. The molecule has 0 saturated carbocycles. The zero-order valence-corrected chi connectivity index (χ0v) is 10.8. The van der Waals surface area contributed by atoms with Crippen molar-refractivity contribution in [2.75, 3.05) is 0 Å². The van der Waals surface area contributed by atoms with Crippen molar-refractivity contribution in [1.29, 1.82) is 0 Å². The Morgan fingerprint density at radius 1 is 1.43 bits per heavy atom. The normalized spacial score (nSPS) is 14.1. The molecule has 0 N–H and O–H groups in total. The summed E-state index contributed by atoms with van der Waals surface area (Å²) in [6, 6.07) is 0. The number of tetrazole rings is 1. The average molecular weight is 306 g/mol. The van der Waals surface area contributed by atoms with Gasteiger partial charge >= 0.3 is 0 Å². The highest BCUT2D eigenvalue weighted by atomic mass is 127. The molecule has 1 aromatic rings. The van der Waals surface area contributed by atoms with Crippen molar-refractivity contribution >= 4 is 22.9 Å². The quantitative estimate of drug-likeness (QED) is 0.634. The minimum atomic E-state index is 0.247. The Kier molecular flexibility index (Phi) is 4.50. The molecular weight excluding hydrogens is 291 g/mol. The molecule has 0 aliphatic carbocycles. The zero-order valence-electron chi connectivity index (χ0n) is 8.68. The number of hydrogen-bond donors (Lipinski definition) is 0. The summed E-state index contributed by atoms with van der Waals surface area (Å²) in [5.74, 6) is 1.73. The molecule has 1 aromatic heterocycles. The van der Waals surface area contributed by atoms with Gasteiger partial charge in [-0.2, -0.15) is 0 Å². The van der Waals surface area contributed by atoms with E-state index in [1.165, 1.54) is 3.01 Å².